The molecule has 0 aliphatic heterocycles. The lowest BCUT2D eigenvalue weighted by Crippen LogP contribution is -2.31. The first kappa shape index (κ1) is 13.9. The summed E-state index contributed by atoms with van der Waals surface area (Å²) in [4.78, 5) is 24.2. The molecule has 0 aromatic rings. The summed E-state index contributed by atoms with van der Waals surface area (Å²) in [5.74, 6) is -0.365. The van der Waals surface area contributed by atoms with E-state index in [4.69, 9.17) is 0 Å². The zero-order chi connectivity index (χ0) is 11.8. The fourth-order valence-corrected chi connectivity index (χ4v) is 1.04. The second-order valence-corrected chi connectivity index (χ2v) is 3.81. The Balaban J connectivity index is 3.77. The van der Waals surface area contributed by atoms with Gasteiger partial charge in [-0.05, 0) is 19.8 Å². The molecule has 1 N–H and O–H groups in total. The Bertz CT molecular complexity index is 215. The molecule has 0 aromatic heterocycles. The third-order valence-corrected chi connectivity index (χ3v) is 2.13. The molecule has 1 atom stereocenters. The molecule has 0 saturated heterocycles. The van der Waals surface area contributed by atoms with Gasteiger partial charge in [-0.1, -0.05) is 6.92 Å². The van der Waals surface area contributed by atoms with Crippen molar-refractivity contribution in [2.45, 2.75) is 26.2 Å². The predicted molar refractivity (Wildman–Crippen MR) is 60.1 cm³/mol. The molecular formula is C11H21N2O2. The van der Waals surface area contributed by atoms with Gasteiger partial charge in [-0.15, -0.1) is 0 Å². The van der Waals surface area contributed by atoms with E-state index in [1.54, 1.807) is 14.1 Å². The van der Waals surface area contributed by atoms with Crippen molar-refractivity contribution in [2.24, 2.45) is 5.92 Å². The van der Waals surface area contributed by atoms with Crippen LogP contribution in [0.3, 0.4) is 0 Å². The van der Waals surface area contributed by atoms with Crippen LogP contribution in [0.1, 0.15) is 26.2 Å². The van der Waals surface area contributed by atoms with Gasteiger partial charge in [0.25, 0.3) is 0 Å². The van der Waals surface area contributed by atoms with E-state index >= 15 is 0 Å². The van der Waals surface area contributed by atoms with Crippen LogP contribution >= 0.6 is 0 Å². The number of hydrogen-bond donors (Lipinski definition) is 1. The number of amides is 2. The molecule has 0 aromatic carbocycles. The molecule has 0 fully saturated rings. The molecule has 87 valence electrons. The lowest BCUT2D eigenvalue weighted by atomic mass is 10.0. The minimum absolute atomic E-state index is 0.0342. The molecule has 0 aliphatic carbocycles. The Morgan fingerprint density at radius 2 is 2.00 bits per heavy atom. The topological polar surface area (TPSA) is 49.4 Å². The van der Waals surface area contributed by atoms with E-state index in [1.807, 2.05) is 6.92 Å². The van der Waals surface area contributed by atoms with Gasteiger partial charge in [-0.3, -0.25) is 9.59 Å². The SMILES string of the molecule is [CH2]C(CCC(=O)N(C)C)C(=O)NCCC. The first-order chi connectivity index (χ1) is 6.99. The van der Waals surface area contributed by atoms with Gasteiger partial charge in [0.15, 0.2) is 0 Å². The summed E-state index contributed by atoms with van der Waals surface area (Å²) in [5.41, 5.74) is 0. The van der Waals surface area contributed by atoms with Crippen LogP contribution in [0, 0.1) is 12.8 Å². The van der Waals surface area contributed by atoms with Crippen molar-refractivity contribution in [2.75, 3.05) is 20.6 Å². The van der Waals surface area contributed by atoms with Gasteiger partial charge in [0.2, 0.25) is 11.8 Å². The summed E-state index contributed by atoms with van der Waals surface area (Å²) >= 11 is 0. The van der Waals surface area contributed by atoms with Crippen LogP contribution in [-0.4, -0.2) is 37.4 Å². The molecule has 0 bridgehead atoms. The maximum Gasteiger partial charge on any atom is 0.223 e. The number of carbonyl (C=O) groups excluding carboxylic acids is 2. The van der Waals surface area contributed by atoms with Crippen molar-refractivity contribution in [3.8, 4) is 0 Å². The van der Waals surface area contributed by atoms with E-state index in [-0.39, 0.29) is 17.7 Å². The van der Waals surface area contributed by atoms with Gasteiger partial charge in [0.1, 0.15) is 0 Å². The van der Waals surface area contributed by atoms with Crippen LogP contribution in [0.25, 0.3) is 0 Å². The Kier molecular flexibility index (Phi) is 6.75. The highest BCUT2D eigenvalue weighted by Gasteiger charge is 2.14. The molecule has 0 saturated carbocycles. The quantitative estimate of drug-likeness (QED) is 0.710. The Morgan fingerprint density at radius 1 is 1.40 bits per heavy atom. The summed E-state index contributed by atoms with van der Waals surface area (Å²) in [6.45, 7) is 6.41. The van der Waals surface area contributed by atoms with Gasteiger partial charge in [0.05, 0.1) is 0 Å². The van der Waals surface area contributed by atoms with E-state index in [9.17, 15) is 9.59 Å². The van der Waals surface area contributed by atoms with E-state index in [2.05, 4.69) is 12.2 Å². The van der Waals surface area contributed by atoms with Crippen LogP contribution in [0.4, 0.5) is 0 Å². The maximum atomic E-state index is 11.4. The monoisotopic (exact) mass is 213 g/mol. The van der Waals surface area contributed by atoms with Crippen molar-refractivity contribution in [1.29, 1.82) is 0 Å². The number of carbonyl (C=O) groups is 2. The summed E-state index contributed by atoms with van der Waals surface area (Å²) in [5, 5.41) is 2.76. The minimum atomic E-state index is -0.333. The maximum absolute atomic E-state index is 11.4. The van der Waals surface area contributed by atoms with Crippen molar-refractivity contribution in [3.63, 3.8) is 0 Å². The van der Waals surface area contributed by atoms with Crippen LogP contribution in [-0.2, 0) is 9.59 Å². The first-order valence-electron chi connectivity index (χ1n) is 5.30. The number of rotatable bonds is 6. The second-order valence-electron chi connectivity index (χ2n) is 3.81. The standard InChI is InChI=1S/C11H21N2O2/c1-5-8-12-11(15)9(2)6-7-10(14)13(3)4/h9H,2,5-8H2,1,3-4H3,(H,12,15). The number of nitrogens with zero attached hydrogens (tertiary/aromatic N) is 1. The van der Waals surface area contributed by atoms with Crippen molar-refractivity contribution < 1.29 is 9.59 Å². The smallest absolute Gasteiger partial charge is 0.223 e. The van der Waals surface area contributed by atoms with Gasteiger partial charge >= 0.3 is 0 Å². The van der Waals surface area contributed by atoms with E-state index in [1.165, 1.54) is 4.90 Å². The predicted octanol–water partition coefficient (Wildman–Crippen LogP) is 0.831. The van der Waals surface area contributed by atoms with Crippen LogP contribution in [0.2, 0.25) is 0 Å². The third kappa shape index (κ3) is 6.10. The molecule has 4 heteroatoms. The average Bonchev–Trinajstić information content (AvgIpc) is 2.21. The molecule has 0 rings (SSSR count). The highest BCUT2D eigenvalue weighted by atomic mass is 16.2. The zero-order valence-electron chi connectivity index (χ0n) is 9.88. The summed E-state index contributed by atoms with van der Waals surface area (Å²) < 4.78 is 0. The molecule has 0 spiro atoms. The van der Waals surface area contributed by atoms with Crippen molar-refractivity contribution in [1.82, 2.24) is 10.2 Å². The number of hydrogen-bond acceptors (Lipinski definition) is 2. The fourth-order valence-electron chi connectivity index (χ4n) is 1.04. The third-order valence-electron chi connectivity index (χ3n) is 2.13. The van der Waals surface area contributed by atoms with Crippen molar-refractivity contribution >= 4 is 11.8 Å². The summed E-state index contributed by atoms with van der Waals surface area (Å²) in [6, 6.07) is 0. The van der Waals surface area contributed by atoms with Crippen LogP contribution < -0.4 is 5.32 Å². The van der Waals surface area contributed by atoms with Crippen molar-refractivity contribution in [3.05, 3.63) is 6.92 Å². The van der Waals surface area contributed by atoms with E-state index in [0.29, 0.717) is 19.4 Å². The molecule has 0 aliphatic rings. The van der Waals surface area contributed by atoms with Gasteiger partial charge in [0, 0.05) is 33.0 Å². The van der Waals surface area contributed by atoms with Gasteiger partial charge in [-0.25, -0.2) is 0 Å². The second kappa shape index (κ2) is 7.26. The molecule has 15 heavy (non-hydrogen) atoms. The van der Waals surface area contributed by atoms with E-state index in [0.717, 1.165) is 6.42 Å². The summed E-state index contributed by atoms with van der Waals surface area (Å²) in [6.07, 6.45) is 1.79. The largest absolute Gasteiger partial charge is 0.356 e. The Labute approximate surface area is 92.0 Å². The lowest BCUT2D eigenvalue weighted by Gasteiger charge is -2.13. The summed E-state index contributed by atoms with van der Waals surface area (Å²) in [7, 11) is 3.41. The molecule has 1 unspecified atom stereocenters. The fraction of sp³-hybridized carbons (Fsp3) is 0.727. The lowest BCUT2D eigenvalue weighted by molar-refractivity contribution is -0.129. The van der Waals surface area contributed by atoms with Crippen LogP contribution in [0.15, 0.2) is 0 Å². The zero-order valence-corrected chi connectivity index (χ0v) is 9.88. The highest BCUT2D eigenvalue weighted by molar-refractivity contribution is 5.80. The average molecular weight is 213 g/mol. The normalized spacial score (nSPS) is 12.0. The molecular weight excluding hydrogens is 192 g/mol. The molecule has 2 amide bonds. The molecule has 0 heterocycles. The number of nitrogens with one attached hydrogen (secondary N) is 1. The van der Waals surface area contributed by atoms with Gasteiger partial charge < -0.3 is 10.2 Å². The molecule has 4 nitrogen and oxygen atoms in total. The Morgan fingerprint density at radius 3 is 2.47 bits per heavy atom. The van der Waals surface area contributed by atoms with E-state index < -0.39 is 0 Å². The highest BCUT2D eigenvalue weighted by Crippen LogP contribution is 2.06. The van der Waals surface area contributed by atoms with Gasteiger partial charge in [-0.2, -0.15) is 0 Å². The molecule has 1 radical (unpaired) electrons. The minimum Gasteiger partial charge on any atom is -0.356 e. The van der Waals surface area contributed by atoms with Crippen LogP contribution in [0.5, 0.6) is 0 Å². The Hall–Kier alpha value is -1.06. The first-order valence-corrected chi connectivity index (χ1v) is 5.30.